The first-order chi connectivity index (χ1) is 14.3. The van der Waals surface area contributed by atoms with Gasteiger partial charge in [0.25, 0.3) is 15.7 Å². The quantitative estimate of drug-likeness (QED) is 0.440. The average Bonchev–Trinajstić information content (AvgIpc) is 2.96. The van der Waals surface area contributed by atoms with Crippen molar-refractivity contribution in [2.45, 2.75) is 10.9 Å². The van der Waals surface area contributed by atoms with Crippen LogP contribution in [0.5, 0.6) is 5.75 Å². The summed E-state index contributed by atoms with van der Waals surface area (Å²) in [4.78, 5) is 10.8. The number of methoxy groups -OCH3 is 1. The molecular formula is C20H12ClFN2O5S. The van der Waals surface area contributed by atoms with Crippen molar-refractivity contribution in [2.75, 3.05) is 11.4 Å². The molecule has 3 aromatic carbocycles. The zero-order chi connectivity index (χ0) is 21.6. The van der Waals surface area contributed by atoms with Crippen molar-refractivity contribution in [1.29, 1.82) is 0 Å². The SMILES string of the molecule is COc1ccc#cc1N1C(c2cc(F)ccc2Cl)c2c([N+](=O)[O-])cccc2S1(=O)=O. The molecule has 0 bridgehead atoms. The summed E-state index contributed by atoms with van der Waals surface area (Å²) < 4.78 is 47.2. The van der Waals surface area contributed by atoms with E-state index in [-0.39, 0.29) is 32.5 Å². The monoisotopic (exact) mass is 446 g/mol. The van der Waals surface area contributed by atoms with E-state index in [2.05, 4.69) is 12.1 Å². The van der Waals surface area contributed by atoms with Crippen LogP contribution in [0.4, 0.5) is 15.8 Å². The molecule has 0 saturated carbocycles. The maximum absolute atomic E-state index is 14.1. The molecule has 0 amide bonds. The van der Waals surface area contributed by atoms with Gasteiger partial charge in [0.15, 0.2) is 5.75 Å². The molecule has 1 unspecified atom stereocenters. The van der Waals surface area contributed by atoms with Gasteiger partial charge in [-0.3, -0.25) is 10.1 Å². The van der Waals surface area contributed by atoms with E-state index >= 15 is 0 Å². The second-order valence-corrected chi connectivity index (χ2v) is 8.53. The van der Waals surface area contributed by atoms with Crippen molar-refractivity contribution in [2.24, 2.45) is 0 Å². The van der Waals surface area contributed by atoms with Gasteiger partial charge in [-0.15, -0.1) is 0 Å². The summed E-state index contributed by atoms with van der Waals surface area (Å²) in [6.45, 7) is 0. The van der Waals surface area contributed by atoms with E-state index in [9.17, 15) is 22.9 Å². The molecule has 0 fully saturated rings. The lowest BCUT2D eigenvalue weighted by molar-refractivity contribution is -0.385. The second kappa shape index (κ2) is 7.16. The highest BCUT2D eigenvalue weighted by Crippen LogP contribution is 2.52. The summed E-state index contributed by atoms with van der Waals surface area (Å²) >= 11 is 6.29. The molecule has 1 aliphatic heterocycles. The molecule has 0 aliphatic carbocycles. The number of hydrogen-bond donors (Lipinski definition) is 0. The Morgan fingerprint density at radius 3 is 2.73 bits per heavy atom. The molecule has 10 heteroatoms. The first kappa shape index (κ1) is 19.9. The van der Waals surface area contributed by atoms with Gasteiger partial charge in [0.2, 0.25) is 0 Å². The van der Waals surface area contributed by atoms with Crippen molar-refractivity contribution in [3.8, 4) is 5.75 Å². The van der Waals surface area contributed by atoms with Crippen LogP contribution < -0.4 is 9.04 Å². The van der Waals surface area contributed by atoms with Gasteiger partial charge in [-0.1, -0.05) is 23.7 Å². The van der Waals surface area contributed by atoms with Gasteiger partial charge in [0.05, 0.1) is 17.6 Å². The summed E-state index contributed by atoms with van der Waals surface area (Å²) in [5.74, 6) is -0.528. The van der Waals surface area contributed by atoms with E-state index < -0.39 is 32.5 Å². The number of anilines is 1. The van der Waals surface area contributed by atoms with E-state index in [1.165, 1.54) is 43.5 Å². The molecule has 1 heterocycles. The number of ether oxygens (including phenoxy) is 1. The summed E-state index contributed by atoms with van der Waals surface area (Å²) in [6.07, 6.45) is 0. The number of fused-ring (bicyclic) bond motifs is 1. The maximum atomic E-state index is 14.1. The number of halogens is 2. The molecule has 1 atom stereocenters. The Labute approximate surface area is 176 Å². The smallest absolute Gasteiger partial charge is 0.276 e. The third kappa shape index (κ3) is 2.93. The Balaban J connectivity index is 2.12. The zero-order valence-corrected chi connectivity index (χ0v) is 16.9. The molecule has 4 rings (SSSR count). The molecule has 3 aromatic rings. The summed E-state index contributed by atoms with van der Waals surface area (Å²) in [7, 11) is -2.96. The van der Waals surface area contributed by atoms with Crippen molar-refractivity contribution in [3.63, 3.8) is 0 Å². The van der Waals surface area contributed by atoms with Gasteiger partial charge in [0, 0.05) is 16.7 Å². The van der Waals surface area contributed by atoms with Gasteiger partial charge in [-0.05, 0) is 42.5 Å². The van der Waals surface area contributed by atoms with Crippen LogP contribution in [0.1, 0.15) is 17.2 Å². The molecule has 1 aliphatic rings. The van der Waals surface area contributed by atoms with Crippen LogP contribution >= 0.6 is 11.6 Å². The van der Waals surface area contributed by atoms with Crippen LogP contribution in [0.25, 0.3) is 0 Å². The lowest BCUT2D eigenvalue weighted by Gasteiger charge is -2.26. The normalized spacial score (nSPS) is 16.6. The predicted octanol–water partition coefficient (Wildman–Crippen LogP) is 4.29. The number of nitro benzene ring substituents is 1. The largest absolute Gasteiger partial charge is 0.494 e. The van der Waals surface area contributed by atoms with Crippen LogP contribution in [-0.2, 0) is 10.0 Å². The molecule has 0 saturated heterocycles. The number of rotatable bonds is 4. The zero-order valence-electron chi connectivity index (χ0n) is 15.3. The van der Waals surface area contributed by atoms with Gasteiger partial charge >= 0.3 is 0 Å². The Bertz CT molecular complexity index is 1280. The van der Waals surface area contributed by atoms with Crippen LogP contribution in [-0.4, -0.2) is 20.5 Å². The first-order valence-corrected chi connectivity index (χ1v) is 10.3. The van der Waals surface area contributed by atoms with E-state index in [0.29, 0.717) is 0 Å². The molecule has 152 valence electrons. The molecule has 0 N–H and O–H groups in total. The maximum Gasteiger partial charge on any atom is 0.276 e. The number of benzene rings is 2. The van der Waals surface area contributed by atoms with E-state index in [1.54, 1.807) is 0 Å². The average molecular weight is 447 g/mol. The fourth-order valence-electron chi connectivity index (χ4n) is 3.50. The molecule has 0 radical (unpaired) electrons. The fraction of sp³-hybridized carbons (Fsp3) is 0.100. The summed E-state index contributed by atoms with van der Waals surface area (Å²) in [5.41, 5.74) is -0.527. The molecule has 7 nitrogen and oxygen atoms in total. The highest BCUT2D eigenvalue weighted by molar-refractivity contribution is 7.93. The van der Waals surface area contributed by atoms with Crippen molar-refractivity contribution >= 4 is 33.0 Å². The van der Waals surface area contributed by atoms with E-state index in [0.717, 1.165) is 16.4 Å². The van der Waals surface area contributed by atoms with E-state index in [4.69, 9.17) is 16.3 Å². The van der Waals surface area contributed by atoms with Crippen LogP contribution in [0.15, 0.2) is 53.4 Å². The Morgan fingerprint density at radius 2 is 2.03 bits per heavy atom. The molecule has 0 aromatic heterocycles. The van der Waals surface area contributed by atoms with Gasteiger partial charge < -0.3 is 4.74 Å². The van der Waals surface area contributed by atoms with Crippen LogP contribution in [0, 0.1) is 28.1 Å². The predicted molar refractivity (Wildman–Crippen MR) is 107 cm³/mol. The minimum Gasteiger partial charge on any atom is -0.494 e. The summed E-state index contributed by atoms with van der Waals surface area (Å²) in [5, 5.41) is 11.8. The highest BCUT2D eigenvalue weighted by Gasteiger charge is 2.49. The topological polar surface area (TPSA) is 89.8 Å². The minimum absolute atomic E-state index is 0.0316. The van der Waals surface area contributed by atoms with Crippen molar-refractivity contribution in [1.82, 2.24) is 0 Å². The van der Waals surface area contributed by atoms with Gasteiger partial charge in [0.1, 0.15) is 22.4 Å². The number of nitro groups is 1. The summed E-state index contributed by atoms with van der Waals surface area (Å²) in [6, 6.07) is 14.2. The standard InChI is InChI=1S/C20H12ClFN2O5S/c1-29-17-7-3-2-5-15(17)23-20(13-11-12(22)9-10-14(13)21)19-16(24(25)26)6-4-8-18(19)30(23,27)28/h3-4,6-11,20H,1H3. The third-order valence-corrected chi connectivity index (χ3v) is 6.89. The Kier molecular flexibility index (Phi) is 4.76. The lowest BCUT2D eigenvalue weighted by atomic mass is 9.96. The lowest BCUT2D eigenvalue weighted by Crippen LogP contribution is -2.29. The Hall–Kier alpha value is -3.35. The molecule has 30 heavy (non-hydrogen) atoms. The van der Waals surface area contributed by atoms with E-state index in [1.807, 2.05) is 0 Å². The second-order valence-electron chi connectivity index (χ2n) is 6.33. The highest BCUT2D eigenvalue weighted by atomic mass is 35.5. The number of hydrogen-bond acceptors (Lipinski definition) is 5. The van der Waals surface area contributed by atoms with Crippen molar-refractivity contribution < 1.29 is 22.5 Å². The number of nitrogens with zero attached hydrogens (tertiary/aromatic N) is 2. The minimum atomic E-state index is -4.30. The number of sulfonamides is 1. The first-order valence-electron chi connectivity index (χ1n) is 8.50. The van der Waals surface area contributed by atoms with Crippen molar-refractivity contribution in [3.05, 3.63) is 92.7 Å². The van der Waals surface area contributed by atoms with Crippen LogP contribution in [0.3, 0.4) is 0 Å². The van der Waals surface area contributed by atoms with Gasteiger partial charge in [-0.25, -0.2) is 17.1 Å². The Morgan fingerprint density at radius 1 is 1.27 bits per heavy atom. The third-order valence-electron chi connectivity index (χ3n) is 4.72. The molecular weight excluding hydrogens is 435 g/mol. The fourth-order valence-corrected chi connectivity index (χ4v) is 5.55. The molecule has 0 spiro atoms. The van der Waals surface area contributed by atoms with Crippen LogP contribution in [0.2, 0.25) is 5.02 Å². The van der Waals surface area contributed by atoms with Gasteiger partial charge in [-0.2, -0.15) is 0 Å².